The fraction of sp³-hybridized carbons (Fsp3) is 0.207. The molecule has 0 aromatic heterocycles. The van der Waals surface area contributed by atoms with Crippen LogP contribution in [0, 0.1) is 0 Å². The molecule has 39 heavy (non-hydrogen) atoms. The van der Waals surface area contributed by atoms with Crippen molar-refractivity contribution in [1.82, 2.24) is 4.31 Å². The molecule has 0 bridgehead atoms. The van der Waals surface area contributed by atoms with Gasteiger partial charge in [0.1, 0.15) is 11.8 Å². The lowest BCUT2D eigenvalue weighted by Crippen LogP contribution is -2.49. The zero-order valence-electron chi connectivity index (χ0n) is 21.2. The van der Waals surface area contributed by atoms with E-state index in [1.165, 1.54) is 33.6 Å². The summed E-state index contributed by atoms with van der Waals surface area (Å²) in [6.07, 6.45) is 3.47. The van der Waals surface area contributed by atoms with Crippen LogP contribution in [-0.2, 0) is 19.6 Å². The van der Waals surface area contributed by atoms with Gasteiger partial charge >= 0.3 is 5.97 Å². The number of hydrazone groups is 1. The van der Waals surface area contributed by atoms with E-state index in [9.17, 15) is 18.0 Å². The highest BCUT2D eigenvalue weighted by Crippen LogP contribution is 2.28. The van der Waals surface area contributed by atoms with E-state index in [-0.39, 0.29) is 23.1 Å². The lowest BCUT2D eigenvalue weighted by atomic mass is 10.1. The Bertz CT molecular complexity index is 1550. The molecule has 10 heteroatoms. The Morgan fingerprint density at radius 1 is 1.00 bits per heavy atom. The number of halogens is 1. The second-order valence-electron chi connectivity index (χ2n) is 9.27. The molecule has 0 spiro atoms. The molecular formula is C29H26ClN3O5S. The first-order chi connectivity index (χ1) is 18.7. The maximum atomic E-state index is 13.3. The number of esters is 1. The molecule has 5 rings (SSSR count). The molecule has 1 fully saturated rings. The minimum absolute atomic E-state index is 0.0788. The summed E-state index contributed by atoms with van der Waals surface area (Å²) in [7, 11) is -3.90. The van der Waals surface area contributed by atoms with Crippen molar-refractivity contribution >= 4 is 51.0 Å². The maximum Gasteiger partial charge on any atom is 0.329 e. The van der Waals surface area contributed by atoms with E-state index in [2.05, 4.69) is 5.10 Å². The number of carbonyl (C=O) groups is 2. The van der Waals surface area contributed by atoms with Crippen LogP contribution in [0.2, 0.25) is 5.02 Å². The van der Waals surface area contributed by atoms with Gasteiger partial charge < -0.3 is 4.74 Å². The first kappa shape index (κ1) is 26.8. The second kappa shape index (κ2) is 11.1. The molecule has 0 aliphatic carbocycles. The number of piperidine rings is 1. The van der Waals surface area contributed by atoms with Gasteiger partial charge in [0.05, 0.1) is 21.9 Å². The zero-order chi connectivity index (χ0) is 27.6. The van der Waals surface area contributed by atoms with Gasteiger partial charge in [-0.3, -0.25) is 4.79 Å². The molecule has 1 atom stereocenters. The molecule has 1 amide bonds. The van der Waals surface area contributed by atoms with E-state index in [1.807, 2.05) is 30.3 Å². The molecule has 2 heterocycles. The van der Waals surface area contributed by atoms with Crippen LogP contribution >= 0.6 is 11.6 Å². The van der Waals surface area contributed by atoms with Crippen LogP contribution in [0.5, 0.6) is 5.75 Å². The van der Waals surface area contributed by atoms with Gasteiger partial charge in [-0.05, 0) is 86.4 Å². The van der Waals surface area contributed by atoms with Gasteiger partial charge in [0, 0.05) is 11.6 Å². The summed E-state index contributed by atoms with van der Waals surface area (Å²) in [5, 5.41) is 6.17. The van der Waals surface area contributed by atoms with Crippen molar-refractivity contribution in [2.45, 2.75) is 37.1 Å². The highest BCUT2D eigenvalue weighted by molar-refractivity contribution is 7.89. The van der Waals surface area contributed by atoms with Crippen LogP contribution < -0.4 is 9.75 Å². The number of para-hydroxylation sites is 1. The van der Waals surface area contributed by atoms with Gasteiger partial charge in [0.2, 0.25) is 10.0 Å². The number of hydrogen-bond acceptors (Lipinski definition) is 6. The van der Waals surface area contributed by atoms with Crippen LogP contribution in [-0.4, -0.2) is 42.9 Å². The first-order valence-electron chi connectivity index (χ1n) is 12.5. The van der Waals surface area contributed by atoms with E-state index in [0.29, 0.717) is 41.3 Å². The zero-order valence-corrected chi connectivity index (χ0v) is 22.7. The fourth-order valence-corrected chi connectivity index (χ4v) is 6.35. The third kappa shape index (κ3) is 5.66. The molecule has 1 unspecified atom stereocenters. The van der Waals surface area contributed by atoms with Crippen molar-refractivity contribution < 1.29 is 22.7 Å². The predicted molar refractivity (Wildman–Crippen MR) is 150 cm³/mol. The number of ether oxygens (including phenoxy) is 1. The van der Waals surface area contributed by atoms with Crippen LogP contribution in [0.15, 0.2) is 94.4 Å². The van der Waals surface area contributed by atoms with Gasteiger partial charge in [-0.1, -0.05) is 41.9 Å². The topological polar surface area (TPSA) is 96.3 Å². The first-order valence-corrected chi connectivity index (χ1v) is 14.3. The molecule has 1 saturated heterocycles. The fourth-order valence-electron chi connectivity index (χ4n) is 4.58. The van der Waals surface area contributed by atoms with E-state index < -0.39 is 22.0 Å². The highest BCUT2D eigenvalue weighted by Gasteiger charge is 2.39. The normalized spacial score (nSPS) is 19.3. The van der Waals surface area contributed by atoms with Crippen LogP contribution in [0.1, 0.15) is 31.7 Å². The molecule has 3 aromatic carbocycles. The quantitative estimate of drug-likeness (QED) is 0.230. The smallest absolute Gasteiger partial charge is 0.329 e. The maximum absolute atomic E-state index is 13.3. The molecule has 0 N–H and O–H groups in total. The highest BCUT2D eigenvalue weighted by atomic mass is 35.5. The molecule has 2 aliphatic rings. The number of rotatable bonds is 6. The summed E-state index contributed by atoms with van der Waals surface area (Å²) < 4.78 is 33.3. The number of hydrogen-bond donors (Lipinski definition) is 0. The molecular weight excluding hydrogens is 538 g/mol. The van der Waals surface area contributed by atoms with Crippen molar-refractivity contribution in [3.63, 3.8) is 0 Å². The van der Waals surface area contributed by atoms with E-state index in [0.717, 1.165) is 5.56 Å². The summed E-state index contributed by atoms with van der Waals surface area (Å²) in [5.74, 6) is -0.579. The SMILES string of the molecule is CC1=NN(c2ccccc2)C(=O)C1=Cc1ccc(OC(=O)C2CCCCN2S(=O)(=O)c2ccc(Cl)cc2)cc1. The van der Waals surface area contributed by atoms with Gasteiger partial charge in [-0.25, -0.2) is 13.2 Å². The number of benzene rings is 3. The molecule has 8 nitrogen and oxygen atoms in total. The Labute approximate surface area is 232 Å². The van der Waals surface area contributed by atoms with Gasteiger partial charge in [0.25, 0.3) is 5.91 Å². The number of carbonyl (C=O) groups excluding carboxylic acids is 2. The third-order valence-corrected chi connectivity index (χ3v) is 8.79. The van der Waals surface area contributed by atoms with Gasteiger partial charge in [-0.2, -0.15) is 14.4 Å². The second-order valence-corrected chi connectivity index (χ2v) is 11.6. The molecule has 200 valence electrons. The Morgan fingerprint density at radius 2 is 1.69 bits per heavy atom. The standard InChI is InChI=1S/C29H26ClN3O5S/c1-20-26(28(34)33(31-20)23-7-3-2-4-8-23)19-21-10-14-24(15-11-21)38-29(35)27-9-5-6-18-32(27)39(36,37)25-16-12-22(30)13-17-25/h2-4,7-8,10-17,19,27H,5-6,9,18H2,1H3. The number of nitrogens with zero attached hydrogens (tertiary/aromatic N) is 3. The van der Waals surface area contributed by atoms with Gasteiger partial charge in [0.15, 0.2) is 0 Å². The lowest BCUT2D eigenvalue weighted by Gasteiger charge is -2.32. The van der Waals surface area contributed by atoms with Crippen LogP contribution in [0.3, 0.4) is 0 Å². The van der Waals surface area contributed by atoms with Crippen LogP contribution in [0.25, 0.3) is 6.08 Å². The summed E-state index contributed by atoms with van der Waals surface area (Å²) in [5.41, 5.74) is 2.47. The minimum Gasteiger partial charge on any atom is -0.425 e. The number of sulfonamides is 1. The lowest BCUT2D eigenvalue weighted by molar-refractivity contribution is -0.139. The number of anilines is 1. The van der Waals surface area contributed by atoms with Crippen LogP contribution in [0.4, 0.5) is 5.69 Å². The predicted octanol–water partition coefficient (Wildman–Crippen LogP) is 5.29. The average molecular weight is 564 g/mol. The summed E-state index contributed by atoms with van der Waals surface area (Å²) in [6.45, 7) is 2.00. The molecule has 2 aliphatic heterocycles. The van der Waals surface area contributed by atoms with Crippen molar-refractivity contribution in [2.75, 3.05) is 11.6 Å². The third-order valence-electron chi connectivity index (χ3n) is 6.62. The van der Waals surface area contributed by atoms with E-state index in [4.69, 9.17) is 16.3 Å². The molecule has 0 radical (unpaired) electrons. The Balaban J connectivity index is 1.29. The van der Waals surface area contributed by atoms with Crippen molar-refractivity contribution in [3.05, 3.63) is 95.0 Å². The monoisotopic (exact) mass is 563 g/mol. The van der Waals surface area contributed by atoms with Crippen molar-refractivity contribution in [3.8, 4) is 5.75 Å². The number of amides is 1. The van der Waals surface area contributed by atoms with E-state index >= 15 is 0 Å². The largest absolute Gasteiger partial charge is 0.425 e. The Morgan fingerprint density at radius 3 is 2.38 bits per heavy atom. The summed E-state index contributed by atoms with van der Waals surface area (Å²) >= 11 is 5.91. The van der Waals surface area contributed by atoms with Crippen molar-refractivity contribution in [1.29, 1.82) is 0 Å². The van der Waals surface area contributed by atoms with Crippen molar-refractivity contribution in [2.24, 2.45) is 5.10 Å². The average Bonchev–Trinajstić information content (AvgIpc) is 3.23. The molecule has 3 aromatic rings. The minimum atomic E-state index is -3.90. The summed E-state index contributed by atoms with van der Waals surface area (Å²) in [4.78, 5) is 26.1. The Hall–Kier alpha value is -3.79. The van der Waals surface area contributed by atoms with Gasteiger partial charge in [-0.15, -0.1) is 0 Å². The molecule has 0 saturated carbocycles. The summed E-state index contributed by atoms with van der Waals surface area (Å²) in [6, 6.07) is 20.8. The Kier molecular flexibility index (Phi) is 7.65. The van der Waals surface area contributed by atoms with E-state index in [1.54, 1.807) is 37.3 Å².